The maximum absolute atomic E-state index is 12.5. The third-order valence-corrected chi connectivity index (χ3v) is 4.86. The average molecular weight is 422 g/mol. The van der Waals surface area contributed by atoms with Crippen molar-refractivity contribution in [3.8, 4) is 0 Å². The summed E-state index contributed by atoms with van der Waals surface area (Å²) in [6.07, 6.45) is 4.53. The molecule has 1 aromatic carbocycles. The number of hydrogen-bond donors (Lipinski definition) is 1. The number of piperazine rings is 1. The summed E-state index contributed by atoms with van der Waals surface area (Å²) in [5.74, 6) is 0.183. The zero-order chi connectivity index (χ0) is 17.9. The van der Waals surface area contributed by atoms with E-state index in [-0.39, 0.29) is 30.7 Å². The van der Waals surface area contributed by atoms with E-state index in [0.29, 0.717) is 6.42 Å². The van der Waals surface area contributed by atoms with Gasteiger partial charge in [0.15, 0.2) is 0 Å². The molecule has 1 amide bonds. The Morgan fingerprint density at radius 3 is 2.39 bits per heavy atom. The zero-order valence-corrected chi connectivity index (χ0v) is 17.2. The molecule has 1 fully saturated rings. The van der Waals surface area contributed by atoms with Crippen LogP contribution in [0.1, 0.15) is 11.3 Å². The third kappa shape index (κ3) is 5.16. The van der Waals surface area contributed by atoms with E-state index in [2.05, 4.69) is 16.1 Å². The molecule has 1 aliphatic heterocycles. The van der Waals surface area contributed by atoms with Gasteiger partial charge in [0.1, 0.15) is 5.65 Å². The topological polar surface area (TPSA) is 66.9 Å². The van der Waals surface area contributed by atoms with Gasteiger partial charge in [0, 0.05) is 50.8 Å². The van der Waals surface area contributed by atoms with Crippen molar-refractivity contribution in [1.29, 1.82) is 0 Å². The molecule has 6 nitrogen and oxygen atoms in total. The maximum atomic E-state index is 12.5. The number of imidazole rings is 1. The quantitative estimate of drug-likeness (QED) is 0.657. The number of anilines is 1. The Kier molecular flexibility index (Phi) is 7.69. The van der Waals surface area contributed by atoms with Gasteiger partial charge in [0.05, 0.1) is 12.1 Å². The van der Waals surface area contributed by atoms with Gasteiger partial charge in [-0.3, -0.25) is 9.69 Å². The van der Waals surface area contributed by atoms with Crippen molar-refractivity contribution in [3.05, 3.63) is 66.1 Å². The number of nitrogen functional groups attached to an aromatic ring is 1. The number of halogens is 2. The highest BCUT2D eigenvalue weighted by atomic mass is 35.5. The molecule has 28 heavy (non-hydrogen) atoms. The number of nitrogens with two attached hydrogens (primary N) is 1. The first kappa shape index (κ1) is 22.0. The van der Waals surface area contributed by atoms with Crippen molar-refractivity contribution in [3.63, 3.8) is 0 Å². The lowest BCUT2D eigenvalue weighted by atomic mass is 10.1. The Bertz CT molecular complexity index is 871. The van der Waals surface area contributed by atoms with Gasteiger partial charge in [0.2, 0.25) is 5.91 Å². The Labute approximate surface area is 177 Å². The van der Waals surface area contributed by atoms with Gasteiger partial charge in [-0.05, 0) is 29.8 Å². The molecule has 0 aliphatic carbocycles. The van der Waals surface area contributed by atoms with E-state index >= 15 is 0 Å². The van der Waals surface area contributed by atoms with E-state index in [1.165, 1.54) is 0 Å². The highest BCUT2D eigenvalue weighted by molar-refractivity contribution is 5.85. The Balaban J connectivity index is 0.00000140. The number of aromatic nitrogens is 2. The van der Waals surface area contributed by atoms with Crippen LogP contribution in [0.4, 0.5) is 5.69 Å². The van der Waals surface area contributed by atoms with Crippen molar-refractivity contribution in [2.24, 2.45) is 0 Å². The summed E-state index contributed by atoms with van der Waals surface area (Å²) in [5.41, 5.74) is 9.47. The van der Waals surface area contributed by atoms with Crippen LogP contribution in [0.3, 0.4) is 0 Å². The minimum Gasteiger partial charge on any atom is -0.399 e. The third-order valence-electron chi connectivity index (χ3n) is 4.86. The number of fused-ring (bicyclic) bond motifs is 1. The summed E-state index contributed by atoms with van der Waals surface area (Å²) in [6.45, 7) is 4.10. The summed E-state index contributed by atoms with van der Waals surface area (Å²) in [5, 5.41) is 0. The van der Waals surface area contributed by atoms with Gasteiger partial charge in [-0.2, -0.15) is 0 Å². The molecule has 0 unspecified atom stereocenters. The van der Waals surface area contributed by atoms with Crippen LogP contribution in [-0.4, -0.2) is 51.3 Å². The first-order valence-electron chi connectivity index (χ1n) is 8.94. The molecule has 150 valence electrons. The molecule has 0 radical (unpaired) electrons. The van der Waals surface area contributed by atoms with Crippen LogP contribution in [0.5, 0.6) is 0 Å². The standard InChI is InChI=1S/C20H23N5O.2ClH/c21-17-6-4-16(5-7-17)13-20(26)24-11-9-23(10-12-24)14-18-15-25-8-2-1-3-19(25)22-18;;/h1-8,15H,9-14,21H2;2*1H. The number of carbonyl (C=O) groups is 1. The monoisotopic (exact) mass is 421 g/mol. The number of carbonyl (C=O) groups excluding carboxylic acids is 1. The molecule has 2 N–H and O–H groups in total. The van der Waals surface area contributed by atoms with E-state index in [1.807, 2.05) is 58.0 Å². The fourth-order valence-corrected chi connectivity index (χ4v) is 3.37. The number of nitrogens with zero attached hydrogens (tertiary/aromatic N) is 4. The molecule has 1 saturated heterocycles. The maximum Gasteiger partial charge on any atom is 0.227 e. The van der Waals surface area contributed by atoms with Gasteiger partial charge in [0.25, 0.3) is 0 Å². The van der Waals surface area contributed by atoms with E-state index in [1.54, 1.807) is 0 Å². The van der Waals surface area contributed by atoms with Gasteiger partial charge in [-0.1, -0.05) is 18.2 Å². The summed E-state index contributed by atoms with van der Waals surface area (Å²) >= 11 is 0. The molecule has 0 atom stereocenters. The first-order chi connectivity index (χ1) is 12.7. The Morgan fingerprint density at radius 1 is 1.00 bits per heavy atom. The number of hydrogen-bond acceptors (Lipinski definition) is 4. The van der Waals surface area contributed by atoms with Crippen LogP contribution >= 0.6 is 24.8 Å². The van der Waals surface area contributed by atoms with Crippen molar-refractivity contribution >= 4 is 42.1 Å². The van der Waals surface area contributed by atoms with E-state index in [9.17, 15) is 4.79 Å². The summed E-state index contributed by atoms with van der Waals surface area (Å²) in [6, 6.07) is 13.5. The van der Waals surface area contributed by atoms with E-state index < -0.39 is 0 Å². The lowest BCUT2D eigenvalue weighted by Gasteiger charge is -2.34. The average Bonchev–Trinajstić information content (AvgIpc) is 3.06. The highest BCUT2D eigenvalue weighted by Crippen LogP contribution is 2.12. The van der Waals surface area contributed by atoms with Gasteiger partial charge < -0.3 is 15.0 Å². The molecule has 0 bridgehead atoms. The fraction of sp³-hybridized carbons (Fsp3) is 0.300. The summed E-state index contributed by atoms with van der Waals surface area (Å²) in [7, 11) is 0. The van der Waals surface area contributed by atoms with E-state index in [4.69, 9.17) is 5.73 Å². The molecule has 3 heterocycles. The Hall–Kier alpha value is -2.28. The minimum atomic E-state index is 0. The lowest BCUT2D eigenvalue weighted by molar-refractivity contribution is -0.132. The van der Waals surface area contributed by atoms with E-state index in [0.717, 1.165) is 55.3 Å². The minimum absolute atomic E-state index is 0. The largest absolute Gasteiger partial charge is 0.399 e. The van der Waals surface area contributed by atoms with Crippen molar-refractivity contribution in [2.75, 3.05) is 31.9 Å². The SMILES string of the molecule is Cl.Cl.Nc1ccc(CC(=O)N2CCN(Cc3cn4ccccc4n3)CC2)cc1. The summed E-state index contributed by atoms with van der Waals surface area (Å²) < 4.78 is 2.04. The smallest absolute Gasteiger partial charge is 0.227 e. The van der Waals surface area contributed by atoms with Crippen LogP contribution < -0.4 is 5.73 Å². The molecule has 2 aromatic heterocycles. The number of rotatable bonds is 4. The molecule has 0 saturated carbocycles. The molecule has 0 spiro atoms. The molecule has 8 heteroatoms. The number of amides is 1. The van der Waals surface area contributed by atoms with Crippen LogP contribution in [0.25, 0.3) is 5.65 Å². The molecular weight excluding hydrogens is 397 g/mol. The first-order valence-corrected chi connectivity index (χ1v) is 8.94. The highest BCUT2D eigenvalue weighted by Gasteiger charge is 2.21. The van der Waals surface area contributed by atoms with Crippen LogP contribution in [0.2, 0.25) is 0 Å². The summed E-state index contributed by atoms with van der Waals surface area (Å²) in [4.78, 5) is 21.5. The van der Waals surface area contributed by atoms with Crippen LogP contribution in [0.15, 0.2) is 54.9 Å². The Morgan fingerprint density at radius 2 is 1.71 bits per heavy atom. The normalized spacial score (nSPS) is 14.4. The predicted octanol–water partition coefficient (Wildman–Crippen LogP) is 2.65. The number of pyridine rings is 1. The van der Waals surface area contributed by atoms with Gasteiger partial charge in [-0.25, -0.2) is 4.98 Å². The van der Waals surface area contributed by atoms with Crippen LogP contribution in [-0.2, 0) is 17.8 Å². The molecule has 3 aromatic rings. The van der Waals surface area contributed by atoms with Crippen molar-refractivity contribution in [1.82, 2.24) is 19.2 Å². The second-order valence-electron chi connectivity index (χ2n) is 6.77. The second kappa shape index (κ2) is 9.78. The van der Waals surface area contributed by atoms with Gasteiger partial charge >= 0.3 is 0 Å². The lowest BCUT2D eigenvalue weighted by Crippen LogP contribution is -2.48. The van der Waals surface area contributed by atoms with Gasteiger partial charge in [-0.15, -0.1) is 24.8 Å². The van der Waals surface area contributed by atoms with Crippen LogP contribution in [0, 0.1) is 0 Å². The zero-order valence-electron chi connectivity index (χ0n) is 15.5. The molecular formula is C20H25Cl2N5O. The molecule has 1 aliphatic rings. The van der Waals surface area contributed by atoms with Crippen molar-refractivity contribution in [2.45, 2.75) is 13.0 Å². The van der Waals surface area contributed by atoms with Crippen molar-refractivity contribution < 1.29 is 4.79 Å². The molecule has 4 rings (SSSR count). The number of benzene rings is 1. The second-order valence-corrected chi connectivity index (χ2v) is 6.77. The fourth-order valence-electron chi connectivity index (χ4n) is 3.37. The predicted molar refractivity (Wildman–Crippen MR) is 116 cm³/mol.